The minimum Gasteiger partial charge on any atom is -0.354 e. The van der Waals surface area contributed by atoms with Crippen LogP contribution in [0.25, 0.3) is 16.8 Å². The molecule has 5 rings (SSSR count). The molecule has 1 unspecified atom stereocenters. The SMILES string of the molecule is CSc1ccc(CNC(=O)C2CCCN(c3nccn4nc(-c5cccc(Cl)c5)cc34)C2)cc1. The molecular formula is C26H26ClN5OS. The average Bonchev–Trinajstić information content (AvgIpc) is 3.32. The molecule has 3 heterocycles. The number of fused-ring (bicyclic) bond motifs is 1. The fourth-order valence-electron chi connectivity index (χ4n) is 4.40. The molecule has 0 spiro atoms. The predicted octanol–water partition coefficient (Wildman–Crippen LogP) is 5.30. The second-order valence-electron chi connectivity index (χ2n) is 8.47. The van der Waals surface area contributed by atoms with Gasteiger partial charge in [-0.2, -0.15) is 5.10 Å². The number of hydrogen-bond donors (Lipinski definition) is 1. The van der Waals surface area contributed by atoms with Gasteiger partial charge in [-0.05, 0) is 55.0 Å². The topological polar surface area (TPSA) is 62.5 Å². The van der Waals surface area contributed by atoms with Gasteiger partial charge in [0, 0.05) is 47.5 Å². The Morgan fingerprint density at radius 1 is 1.21 bits per heavy atom. The quantitative estimate of drug-likeness (QED) is 0.370. The van der Waals surface area contributed by atoms with Gasteiger partial charge >= 0.3 is 0 Å². The Bertz CT molecular complexity index is 1310. The molecule has 2 aromatic heterocycles. The van der Waals surface area contributed by atoms with Crippen molar-refractivity contribution in [3.8, 4) is 11.3 Å². The Morgan fingerprint density at radius 2 is 2.06 bits per heavy atom. The standard InChI is InChI=1S/C26H26ClN5OS/c1-34-22-9-7-18(8-10-22)16-29-26(33)20-5-3-12-31(17-20)25-24-15-23(30-32(24)13-11-28-25)19-4-2-6-21(27)14-19/h2,4,6-11,13-15,20H,3,5,12,16-17H2,1H3,(H,29,33). The summed E-state index contributed by atoms with van der Waals surface area (Å²) in [5.41, 5.74) is 3.84. The van der Waals surface area contributed by atoms with Crippen molar-refractivity contribution >= 4 is 40.6 Å². The lowest BCUT2D eigenvalue weighted by atomic mass is 9.97. The van der Waals surface area contributed by atoms with Crippen LogP contribution in [0.2, 0.25) is 5.02 Å². The van der Waals surface area contributed by atoms with E-state index >= 15 is 0 Å². The zero-order valence-corrected chi connectivity index (χ0v) is 20.5. The van der Waals surface area contributed by atoms with Crippen LogP contribution in [0.4, 0.5) is 5.82 Å². The molecular weight excluding hydrogens is 466 g/mol. The summed E-state index contributed by atoms with van der Waals surface area (Å²) >= 11 is 7.89. The van der Waals surface area contributed by atoms with Gasteiger partial charge in [0.1, 0.15) is 5.52 Å². The fourth-order valence-corrected chi connectivity index (χ4v) is 5.00. The summed E-state index contributed by atoms with van der Waals surface area (Å²) in [6, 6.07) is 18.0. The van der Waals surface area contributed by atoms with Crippen LogP contribution in [-0.2, 0) is 11.3 Å². The van der Waals surface area contributed by atoms with Gasteiger partial charge in [-0.15, -0.1) is 11.8 Å². The summed E-state index contributed by atoms with van der Waals surface area (Å²) in [7, 11) is 0. The molecule has 174 valence electrons. The summed E-state index contributed by atoms with van der Waals surface area (Å²) in [5.74, 6) is 0.878. The second-order valence-corrected chi connectivity index (χ2v) is 9.79. The van der Waals surface area contributed by atoms with Crippen molar-refractivity contribution < 1.29 is 4.79 Å². The van der Waals surface area contributed by atoms with Gasteiger partial charge in [0.2, 0.25) is 5.91 Å². The molecule has 0 saturated carbocycles. The Balaban J connectivity index is 1.31. The Hall–Kier alpha value is -3.03. The fraction of sp³-hybridized carbons (Fsp3) is 0.269. The van der Waals surface area contributed by atoms with Crippen LogP contribution in [0.15, 0.2) is 71.9 Å². The van der Waals surface area contributed by atoms with Crippen molar-refractivity contribution in [1.29, 1.82) is 0 Å². The Morgan fingerprint density at radius 3 is 2.85 bits per heavy atom. The van der Waals surface area contributed by atoms with Crippen LogP contribution in [0.1, 0.15) is 18.4 Å². The molecule has 1 saturated heterocycles. The third kappa shape index (κ3) is 4.91. The van der Waals surface area contributed by atoms with Gasteiger partial charge in [-0.1, -0.05) is 35.9 Å². The lowest BCUT2D eigenvalue weighted by Crippen LogP contribution is -2.43. The number of halogens is 1. The first-order chi connectivity index (χ1) is 16.6. The molecule has 1 aliphatic rings. The number of amides is 1. The van der Waals surface area contributed by atoms with Crippen molar-refractivity contribution in [2.75, 3.05) is 24.2 Å². The van der Waals surface area contributed by atoms with Crippen LogP contribution < -0.4 is 10.2 Å². The number of carbonyl (C=O) groups excluding carboxylic acids is 1. The number of nitrogens with zero attached hydrogens (tertiary/aromatic N) is 4. The third-order valence-corrected chi connectivity index (χ3v) is 7.19. The summed E-state index contributed by atoms with van der Waals surface area (Å²) in [4.78, 5) is 21.1. The molecule has 1 amide bonds. The van der Waals surface area contributed by atoms with Gasteiger partial charge in [-0.3, -0.25) is 4.79 Å². The molecule has 1 aliphatic heterocycles. The van der Waals surface area contributed by atoms with E-state index in [1.165, 1.54) is 4.90 Å². The first-order valence-electron chi connectivity index (χ1n) is 11.4. The van der Waals surface area contributed by atoms with Gasteiger partial charge in [0.25, 0.3) is 0 Å². The number of nitrogens with one attached hydrogen (secondary N) is 1. The zero-order chi connectivity index (χ0) is 23.5. The van der Waals surface area contributed by atoms with Crippen molar-refractivity contribution in [3.05, 3.63) is 77.6 Å². The minimum absolute atomic E-state index is 0.0726. The van der Waals surface area contributed by atoms with Crippen molar-refractivity contribution in [3.63, 3.8) is 0 Å². The van der Waals surface area contributed by atoms with E-state index in [0.717, 1.165) is 47.5 Å². The Kier molecular flexibility index (Phi) is 6.74. The molecule has 1 atom stereocenters. The molecule has 6 nitrogen and oxygen atoms in total. The Labute approximate surface area is 208 Å². The van der Waals surface area contributed by atoms with Gasteiger partial charge in [-0.25, -0.2) is 9.50 Å². The number of hydrogen-bond acceptors (Lipinski definition) is 5. The smallest absolute Gasteiger partial charge is 0.225 e. The summed E-state index contributed by atoms with van der Waals surface area (Å²) in [5, 5.41) is 8.52. The first kappa shape index (κ1) is 22.7. The van der Waals surface area contributed by atoms with Crippen LogP contribution in [0, 0.1) is 5.92 Å². The molecule has 8 heteroatoms. The monoisotopic (exact) mass is 491 g/mol. The number of thioether (sulfide) groups is 1. The highest BCUT2D eigenvalue weighted by atomic mass is 35.5. The summed E-state index contributed by atoms with van der Waals surface area (Å²) in [6.07, 6.45) is 7.49. The number of benzene rings is 2. The highest BCUT2D eigenvalue weighted by molar-refractivity contribution is 7.98. The van der Waals surface area contributed by atoms with E-state index in [2.05, 4.69) is 45.7 Å². The first-order valence-corrected chi connectivity index (χ1v) is 13.0. The van der Waals surface area contributed by atoms with E-state index in [9.17, 15) is 4.79 Å². The van der Waals surface area contributed by atoms with E-state index in [0.29, 0.717) is 18.1 Å². The van der Waals surface area contributed by atoms with E-state index < -0.39 is 0 Å². The molecule has 2 aromatic carbocycles. The number of piperidine rings is 1. The summed E-state index contributed by atoms with van der Waals surface area (Å²) < 4.78 is 1.85. The lowest BCUT2D eigenvalue weighted by Gasteiger charge is -2.33. The van der Waals surface area contributed by atoms with Crippen LogP contribution in [-0.4, -0.2) is 39.9 Å². The number of aromatic nitrogens is 3. The van der Waals surface area contributed by atoms with Gasteiger partial charge in [0.05, 0.1) is 11.6 Å². The van der Waals surface area contributed by atoms with E-state index in [1.54, 1.807) is 18.0 Å². The van der Waals surface area contributed by atoms with Crippen molar-refractivity contribution in [1.82, 2.24) is 19.9 Å². The zero-order valence-electron chi connectivity index (χ0n) is 18.9. The van der Waals surface area contributed by atoms with E-state index in [4.69, 9.17) is 16.7 Å². The average molecular weight is 492 g/mol. The molecule has 0 radical (unpaired) electrons. The summed E-state index contributed by atoms with van der Waals surface area (Å²) in [6.45, 7) is 2.05. The molecule has 1 N–H and O–H groups in total. The van der Waals surface area contributed by atoms with E-state index in [-0.39, 0.29) is 11.8 Å². The third-order valence-electron chi connectivity index (χ3n) is 6.21. The highest BCUT2D eigenvalue weighted by Gasteiger charge is 2.27. The van der Waals surface area contributed by atoms with Crippen LogP contribution in [0.3, 0.4) is 0 Å². The maximum Gasteiger partial charge on any atom is 0.225 e. The van der Waals surface area contributed by atoms with Crippen LogP contribution >= 0.6 is 23.4 Å². The normalized spacial score (nSPS) is 16.1. The van der Waals surface area contributed by atoms with Gasteiger partial charge in [0.15, 0.2) is 5.82 Å². The lowest BCUT2D eigenvalue weighted by molar-refractivity contribution is -0.125. The highest BCUT2D eigenvalue weighted by Crippen LogP contribution is 2.29. The predicted molar refractivity (Wildman–Crippen MR) is 138 cm³/mol. The maximum atomic E-state index is 13.0. The number of carbonyl (C=O) groups is 1. The molecule has 0 bridgehead atoms. The van der Waals surface area contributed by atoms with Crippen molar-refractivity contribution in [2.24, 2.45) is 5.92 Å². The molecule has 34 heavy (non-hydrogen) atoms. The maximum absolute atomic E-state index is 13.0. The number of rotatable bonds is 6. The largest absolute Gasteiger partial charge is 0.354 e. The second kappa shape index (κ2) is 10.1. The van der Waals surface area contributed by atoms with Gasteiger partial charge < -0.3 is 10.2 Å². The van der Waals surface area contributed by atoms with E-state index in [1.807, 2.05) is 41.0 Å². The molecule has 4 aromatic rings. The molecule has 0 aliphatic carbocycles. The minimum atomic E-state index is -0.0726. The van der Waals surface area contributed by atoms with Crippen molar-refractivity contribution in [2.45, 2.75) is 24.3 Å². The van der Waals surface area contributed by atoms with Crippen LogP contribution in [0.5, 0.6) is 0 Å². The molecule has 1 fully saturated rings. The number of anilines is 1.